The SMILES string of the molecule is CCC(C)(CO)NC(=O)CCCNC(=O)c1cccs1. The number of amides is 2. The van der Waals surface area contributed by atoms with Gasteiger partial charge in [0.1, 0.15) is 0 Å². The van der Waals surface area contributed by atoms with Gasteiger partial charge in [-0.05, 0) is 31.2 Å². The minimum Gasteiger partial charge on any atom is -0.394 e. The van der Waals surface area contributed by atoms with Crippen LogP contribution in [0, 0.1) is 0 Å². The Morgan fingerprint density at radius 2 is 2.20 bits per heavy atom. The second-order valence-corrected chi connectivity index (χ2v) is 5.90. The van der Waals surface area contributed by atoms with Gasteiger partial charge in [0.15, 0.2) is 0 Å². The first kappa shape index (κ1) is 16.7. The van der Waals surface area contributed by atoms with Crippen LogP contribution in [0.25, 0.3) is 0 Å². The zero-order valence-electron chi connectivity index (χ0n) is 11.9. The molecule has 0 saturated heterocycles. The average Bonchev–Trinajstić information content (AvgIpc) is 2.97. The summed E-state index contributed by atoms with van der Waals surface area (Å²) in [5, 5.41) is 16.6. The summed E-state index contributed by atoms with van der Waals surface area (Å²) in [6.07, 6.45) is 1.58. The molecule has 0 fully saturated rings. The van der Waals surface area contributed by atoms with Crippen LogP contribution >= 0.6 is 11.3 Å². The van der Waals surface area contributed by atoms with Crippen molar-refractivity contribution in [2.75, 3.05) is 13.2 Å². The number of aliphatic hydroxyl groups is 1. The number of rotatable bonds is 8. The van der Waals surface area contributed by atoms with E-state index >= 15 is 0 Å². The van der Waals surface area contributed by atoms with Gasteiger partial charge in [-0.15, -0.1) is 11.3 Å². The van der Waals surface area contributed by atoms with Gasteiger partial charge in [0.05, 0.1) is 17.0 Å². The molecule has 1 aromatic heterocycles. The summed E-state index contributed by atoms with van der Waals surface area (Å²) in [4.78, 5) is 24.0. The minimum atomic E-state index is -0.558. The summed E-state index contributed by atoms with van der Waals surface area (Å²) in [5.41, 5.74) is -0.558. The predicted octanol–water partition coefficient (Wildman–Crippen LogP) is 1.54. The van der Waals surface area contributed by atoms with E-state index in [0.29, 0.717) is 30.7 Å². The van der Waals surface area contributed by atoms with Crippen LogP contribution in [0.3, 0.4) is 0 Å². The van der Waals surface area contributed by atoms with Crippen LogP contribution < -0.4 is 10.6 Å². The average molecular weight is 298 g/mol. The van der Waals surface area contributed by atoms with Crippen LogP contribution in [-0.2, 0) is 4.79 Å². The highest BCUT2D eigenvalue weighted by Gasteiger charge is 2.22. The predicted molar refractivity (Wildman–Crippen MR) is 79.8 cm³/mol. The molecule has 1 heterocycles. The van der Waals surface area contributed by atoms with E-state index in [9.17, 15) is 14.7 Å². The zero-order valence-corrected chi connectivity index (χ0v) is 12.8. The van der Waals surface area contributed by atoms with E-state index < -0.39 is 5.54 Å². The molecule has 0 saturated carbocycles. The van der Waals surface area contributed by atoms with E-state index in [1.807, 2.05) is 25.3 Å². The van der Waals surface area contributed by atoms with E-state index in [0.717, 1.165) is 0 Å². The number of aliphatic hydroxyl groups excluding tert-OH is 1. The summed E-state index contributed by atoms with van der Waals surface area (Å²) in [7, 11) is 0. The Morgan fingerprint density at radius 3 is 2.75 bits per heavy atom. The first-order chi connectivity index (χ1) is 9.50. The summed E-state index contributed by atoms with van der Waals surface area (Å²) in [6.45, 7) is 4.11. The fourth-order valence-electron chi connectivity index (χ4n) is 1.58. The van der Waals surface area contributed by atoms with E-state index in [2.05, 4.69) is 10.6 Å². The van der Waals surface area contributed by atoms with Crippen molar-refractivity contribution in [3.05, 3.63) is 22.4 Å². The number of thiophene rings is 1. The molecule has 0 aliphatic rings. The van der Waals surface area contributed by atoms with Crippen molar-refractivity contribution in [3.63, 3.8) is 0 Å². The molecule has 0 aromatic carbocycles. The van der Waals surface area contributed by atoms with Gasteiger partial charge in [-0.2, -0.15) is 0 Å². The Kier molecular flexibility index (Phi) is 6.67. The third kappa shape index (κ3) is 5.30. The Morgan fingerprint density at radius 1 is 1.45 bits per heavy atom. The molecule has 5 nitrogen and oxygen atoms in total. The van der Waals surface area contributed by atoms with Gasteiger partial charge in [0, 0.05) is 13.0 Å². The van der Waals surface area contributed by atoms with Gasteiger partial charge in [-0.1, -0.05) is 13.0 Å². The van der Waals surface area contributed by atoms with Crippen LogP contribution in [0.1, 0.15) is 42.8 Å². The normalized spacial score (nSPS) is 13.6. The van der Waals surface area contributed by atoms with E-state index in [-0.39, 0.29) is 18.4 Å². The Balaban J connectivity index is 2.21. The molecule has 0 bridgehead atoms. The molecule has 0 aliphatic carbocycles. The molecule has 3 N–H and O–H groups in total. The van der Waals surface area contributed by atoms with Crippen LogP contribution in [0.15, 0.2) is 17.5 Å². The van der Waals surface area contributed by atoms with E-state index in [4.69, 9.17) is 0 Å². The molecular weight excluding hydrogens is 276 g/mol. The summed E-state index contributed by atoms with van der Waals surface area (Å²) in [5.74, 6) is -0.206. The second kappa shape index (κ2) is 8.01. The van der Waals surface area contributed by atoms with Crippen molar-refractivity contribution >= 4 is 23.2 Å². The molecule has 20 heavy (non-hydrogen) atoms. The monoisotopic (exact) mass is 298 g/mol. The maximum Gasteiger partial charge on any atom is 0.261 e. The van der Waals surface area contributed by atoms with Crippen LogP contribution in [0.5, 0.6) is 0 Å². The van der Waals surface area contributed by atoms with Gasteiger partial charge in [0.25, 0.3) is 5.91 Å². The number of carbonyl (C=O) groups is 2. The number of hydrogen-bond acceptors (Lipinski definition) is 4. The van der Waals surface area contributed by atoms with Gasteiger partial charge in [-0.25, -0.2) is 0 Å². The Bertz CT molecular complexity index is 428. The lowest BCUT2D eigenvalue weighted by atomic mass is 10.00. The van der Waals surface area contributed by atoms with Crippen LogP contribution in [0.2, 0.25) is 0 Å². The molecule has 0 aliphatic heterocycles. The second-order valence-electron chi connectivity index (χ2n) is 4.96. The topological polar surface area (TPSA) is 78.4 Å². The number of hydrogen-bond donors (Lipinski definition) is 3. The van der Waals surface area contributed by atoms with Crippen molar-refractivity contribution in [2.45, 2.75) is 38.6 Å². The van der Waals surface area contributed by atoms with Gasteiger partial charge in [-0.3, -0.25) is 9.59 Å². The maximum atomic E-state index is 11.7. The summed E-state index contributed by atoms with van der Waals surface area (Å²) >= 11 is 1.39. The highest BCUT2D eigenvalue weighted by molar-refractivity contribution is 7.12. The molecule has 1 atom stereocenters. The van der Waals surface area contributed by atoms with E-state index in [1.54, 1.807) is 6.07 Å². The summed E-state index contributed by atoms with van der Waals surface area (Å²) in [6, 6.07) is 3.59. The Labute approximate surface area is 123 Å². The standard InChI is InChI=1S/C14H22N2O3S/c1-3-14(2,10-17)16-12(18)7-4-8-15-13(19)11-6-5-9-20-11/h5-6,9,17H,3-4,7-8,10H2,1-2H3,(H,15,19)(H,16,18). The van der Waals surface area contributed by atoms with Crippen molar-refractivity contribution in [2.24, 2.45) is 0 Å². The highest BCUT2D eigenvalue weighted by atomic mass is 32.1. The molecule has 1 rings (SSSR count). The third-order valence-corrected chi connectivity index (χ3v) is 4.05. The lowest BCUT2D eigenvalue weighted by Gasteiger charge is -2.27. The third-order valence-electron chi connectivity index (χ3n) is 3.18. The van der Waals surface area contributed by atoms with Gasteiger partial charge >= 0.3 is 0 Å². The quantitative estimate of drug-likeness (QED) is 0.637. The van der Waals surface area contributed by atoms with E-state index in [1.165, 1.54) is 11.3 Å². The van der Waals surface area contributed by atoms with Crippen molar-refractivity contribution in [1.29, 1.82) is 0 Å². The largest absolute Gasteiger partial charge is 0.394 e. The Hall–Kier alpha value is -1.40. The smallest absolute Gasteiger partial charge is 0.261 e. The molecule has 112 valence electrons. The molecule has 6 heteroatoms. The first-order valence-corrected chi connectivity index (χ1v) is 7.62. The first-order valence-electron chi connectivity index (χ1n) is 6.74. The zero-order chi connectivity index (χ0) is 15.0. The number of nitrogens with one attached hydrogen (secondary N) is 2. The van der Waals surface area contributed by atoms with Crippen molar-refractivity contribution < 1.29 is 14.7 Å². The molecule has 1 aromatic rings. The fraction of sp³-hybridized carbons (Fsp3) is 0.571. The van der Waals surface area contributed by atoms with Crippen LogP contribution in [-0.4, -0.2) is 35.6 Å². The van der Waals surface area contributed by atoms with Crippen molar-refractivity contribution in [3.8, 4) is 0 Å². The molecule has 1 unspecified atom stereocenters. The van der Waals surface area contributed by atoms with Crippen molar-refractivity contribution in [1.82, 2.24) is 10.6 Å². The highest BCUT2D eigenvalue weighted by Crippen LogP contribution is 2.09. The summed E-state index contributed by atoms with van der Waals surface area (Å²) < 4.78 is 0. The van der Waals surface area contributed by atoms with Gasteiger partial charge < -0.3 is 15.7 Å². The molecule has 2 amide bonds. The molecule has 0 radical (unpaired) electrons. The van der Waals surface area contributed by atoms with Crippen LogP contribution in [0.4, 0.5) is 0 Å². The lowest BCUT2D eigenvalue weighted by Crippen LogP contribution is -2.48. The lowest BCUT2D eigenvalue weighted by molar-refractivity contribution is -0.123. The fourth-order valence-corrected chi connectivity index (χ4v) is 2.22. The molecular formula is C14H22N2O3S. The number of carbonyl (C=O) groups excluding carboxylic acids is 2. The van der Waals surface area contributed by atoms with Gasteiger partial charge in [0.2, 0.25) is 5.91 Å². The minimum absolute atomic E-state index is 0.0790. The molecule has 0 spiro atoms. The maximum absolute atomic E-state index is 11.7.